The minimum Gasteiger partial charge on any atom is -0.368 e. The molecule has 4 rings (SSSR count). The largest absolute Gasteiger partial charge is 0.368 e. The van der Waals surface area contributed by atoms with Gasteiger partial charge in [0.15, 0.2) is 0 Å². The number of hydrogen-bond acceptors (Lipinski definition) is 18. The molecule has 0 spiro atoms. The summed E-state index contributed by atoms with van der Waals surface area (Å²) in [5, 5.41) is 0. The molecule has 4 aromatic heterocycles. The monoisotopic (exact) mass is 582 g/mol. The van der Waals surface area contributed by atoms with Crippen LogP contribution in [0, 0.1) is 0 Å². The molecule has 0 amide bonds. The fourth-order valence-corrected chi connectivity index (χ4v) is 4.15. The summed E-state index contributed by atoms with van der Waals surface area (Å²) in [4.78, 5) is 75.2. The van der Waals surface area contributed by atoms with Gasteiger partial charge in [0.05, 0.1) is 0 Å². The molecule has 4 aromatic rings. The van der Waals surface area contributed by atoms with E-state index in [1.807, 2.05) is 0 Å². The van der Waals surface area contributed by atoms with Crippen LogP contribution in [0.3, 0.4) is 0 Å². The van der Waals surface area contributed by atoms with Crippen LogP contribution in [0.4, 0.5) is 35.7 Å². The van der Waals surface area contributed by atoms with Gasteiger partial charge in [0.2, 0.25) is 35.7 Å². The number of nitrogens with two attached hydrogens (primary N) is 6. The first-order chi connectivity index (χ1) is 20.0. The summed E-state index contributed by atoms with van der Waals surface area (Å²) >= 11 is 0. The van der Waals surface area contributed by atoms with Gasteiger partial charge >= 0.3 is 17.1 Å². The van der Waals surface area contributed by atoms with Crippen LogP contribution in [0.15, 0.2) is 14.4 Å². The summed E-state index contributed by atoms with van der Waals surface area (Å²) in [6, 6.07) is 0. The third-order valence-electron chi connectivity index (χ3n) is 5.88. The van der Waals surface area contributed by atoms with Crippen molar-refractivity contribution >= 4 is 35.7 Å². The van der Waals surface area contributed by atoms with Crippen molar-refractivity contribution in [3.63, 3.8) is 0 Å². The van der Waals surface area contributed by atoms with E-state index in [1.165, 1.54) is 0 Å². The summed E-state index contributed by atoms with van der Waals surface area (Å²) in [5.41, 5.74) is 31.4. The van der Waals surface area contributed by atoms with Gasteiger partial charge in [0, 0.05) is 38.9 Å². The zero-order valence-corrected chi connectivity index (χ0v) is 22.4. The summed E-state index contributed by atoms with van der Waals surface area (Å²) in [7, 11) is 0. The lowest BCUT2D eigenvalue weighted by Gasteiger charge is -2.14. The fourth-order valence-electron chi connectivity index (χ4n) is 4.15. The molecule has 0 aromatic carbocycles. The van der Waals surface area contributed by atoms with Crippen molar-refractivity contribution in [1.29, 1.82) is 0 Å². The molecule has 0 bridgehead atoms. The zero-order chi connectivity index (χ0) is 30.4. The molecule has 21 heteroatoms. The van der Waals surface area contributed by atoms with Crippen molar-refractivity contribution in [3.05, 3.63) is 48.9 Å². The van der Waals surface area contributed by atoms with Gasteiger partial charge in [0.25, 0.3) is 0 Å². The lowest BCUT2D eigenvalue weighted by Crippen LogP contribution is -2.54. The summed E-state index contributed by atoms with van der Waals surface area (Å²) in [6.45, 7) is -0.112. The van der Waals surface area contributed by atoms with Gasteiger partial charge in [-0.25, -0.2) is 28.1 Å². The topological polar surface area (TPSA) is 338 Å². The van der Waals surface area contributed by atoms with E-state index >= 15 is 0 Å². The van der Waals surface area contributed by atoms with Crippen molar-refractivity contribution in [2.45, 2.75) is 58.2 Å². The van der Waals surface area contributed by atoms with Gasteiger partial charge in [-0.1, -0.05) is 0 Å². The van der Waals surface area contributed by atoms with Crippen LogP contribution in [0.5, 0.6) is 0 Å². The van der Waals surface area contributed by atoms with Gasteiger partial charge in [0.1, 0.15) is 17.5 Å². The maximum atomic E-state index is 13.3. The molecule has 0 aliphatic rings. The molecule has 21 nitrogen and oxygen atoms in total. The van der Waals surface area contributed by atoms with E-state index in [-0.39, 0.29) is 93.8 Å². The highest BCUT2D eigenvalue weighted by molar-refractivity contribution is 5.27. The van der Waals surface area contributed by atoms with Crippen LogP contribution in [0.1, 0.15) is 36.7 Å². The van der Waals surface area contributed by atoms with Crippen LogP contribution in [0.2, 0.25) is 0 Å². The maximum absolute atomic E-state index is 13.3. The molecule has 222 valence electrons. The zero-order valence-electron chi connectivity index (χ0n) is 22.4. The Hall–Kier alpha value is -5.76. The number of anilines is 6. The van der Waals surface area contributed by atoms with Crippen molar-refractivity contribution in [2.75, 3.05) is 34.4 Å². The van der Waals surface area contributed by atoms with E-state index in [0.29, 0.717) is 17.5 Å². The van der Waals surface area contributed by atoms with E-state index < -0.39 is 17.1 Å². The molecular weight excluding hydrogens is 552 g/mol. The number of rotatable bonds is 12. The molecule has 0 saturated carbocycles. The molecule has 0 fully saturated rings. The number of aromatic nitrogens is 12. The van der Waals surface area contributed by atoms with Gasteiger partial charge in [-0.2, -0.15) is 44.9 Å². The maximum Gasteiger partial charge on any atom is 0.336 e. The fraction of sp³-hybridized carbons (Fsp3) is 0.429. The Bertz CT molecular complexity index is 1470. The Morgan fingerprint density at radius 3 is 0.810 bits per heavy atom. The minimum atomic E-state index is -0.774. The van der Waals surface area contributed by atoms with E-state index in [0.717, 1.165) is 13.7 Å². The first kappa shape index (κ1) is 29.2. The second-order valence-electron chi connectivity index (χ2n) is 9.02. The van der Waals surface area contributed by atoms with Crippen LogP contribution >= 0.6 is 0 Å². The van der Waals surface area contributed by atoms with E-state index in [9.17, 15) is 14.4 Å². The highest BCUT2D eigenvalue weighted by Gasteiger charge is 2.16. The van der Waals surface area contributed by atoms with Gasteiger partial charge in [-0.15, -0.1) is 0 Å². The summed E-state index contributed by atoms with van der Waals surface area (Å²) in [6.07, 6.45) is 1.53. The smallest absolute Gasteiger partial charge is 0.336 e. The first-order valence-corrected chi connectivity index (χ1v) is 12.7. The molecule has 0 aliphatic carbocycles. The minimum absolute atomic E-state index is 0.0372. The number of hydrogen-bond donors (Lipinski definition) is 6. The van der Waals surface area contributed by atoms with Crippen molar-refractivity contribution in [2.24, 2.45) is 0 Å². The number of aryl methyl sites for hydroxylation is 3. The lowest BCUT2D eigenvalue weighted by atomic mass is 10.3. The lowest BCUT2D eigenvalue weighted by molar-refractivity contribution is 0.424. The summed E-state index contributed by atoms with van der Waals surface area (Å²) < 4.78 is 2.94. The molecule has 0 radical (unpaired) electrons. The quantitative estimate of drug-likeness (QED) is 0.0929. The second kappa shape index (κ2) is 12.6. The standard InChI is InChI=1S/C21H30N18O3/c22-13-28-10(29-14(23)34-13)4-1-7-37-19(40)38(8-2-5-11-30-15(24)35-16(25)31-11)21(42)39(20(37)41)9-3-6-12-32-17(26)36-18(27)33-12/h1-9H2,(H4,22,23,28,29,34)(H4,24,25,30,31,35)(H4,26,27,32,33,36). The number of nitrogen functional groups attached to an aromatic ring is 6. The molecule has 0 saturated heterocycles. The Morgan fingerprint density at radius 1 is 0.381 bits per heavy atom. The molecule has 12 N–H and O–H groups in total. The SMILES string of the molecule is Nc1nc(N)nc(CCCn2c(=O)n(CCCc3nc(N)nc(N)n3)c(=O)n(CCCc3nc(N)nc(N)n3)c2=O)n1. The van der Waals surface area contributed by atoms with Crippen LogP contribution in [-0.2, 0) is 38.9 Å². The normalized spacial score (nSPS) is 11.1. The first-order valence-electron chi connectivity index (χ1n) is 12.7. The Labute approximate surface area is 236 Å². The molecule has 4 heterocycles. The molecule has 42 heavy (non-hydrogen) atoms. The van der Waals surface area contributed by atoms with E-state index in [2.05, 4.69) is 44.9 Å². The molecule has 0 unspecified atom stereocenters. The molecule has 0 atom stereocenters. The van der Waals surface area contributed by atoms with E-state index in [1.54, 1.807) is 0 Å². The number of nitrogens with zero attached hydrogens (tertiary/aromatic N) is 12. The highest BCUT2D eigenvalue weighted by Crippen LogP contribution is 2.05. The predicted octanol–water partition coefficient (Wildman–Crippen LogP) is -3.88. The second-order valence-corrected chi connectivity index (χ2v) is 9.02. The van der Waals surface area contributed by atoms with Crippen LogP contribution < -0.4 is 51.5 Å². The van der Waals surface area contributed by atoms with Crippen LogP contribution in [0.25, 0.3) is 0 Å². The molecular formula is C21H30N18O3. The average Bonchev–Trinajstić information content (AvgIpc) is 2.88. The Morgan fingerprint density at radius 2 is 0.595 bits per heavy atom. The third kappa shape index (κ3) is 7.25. The summed E-state index contributed by atoms with van der Waals surface area (Å²) in [5.74, 6) is 0.615. The van der Waals surface area contributed by atoms with Crippen molar-refractivity contribution < 1.29 is 0 Å². The van der Waals surface area contributed by atoms with Gasteiger partial charge < -0.3 is 34.4 Å². The average molecular weight is 583 g/mol. The highest BCUT2D eigenvalue weighted by atomic mass is 16.2. The Balaban J connectivity index is 1.58. The molecule has 0 aliphatic heterocycles. The van der Waals surface area contributed by atoms with Gasteiger partial charge in [-0.3, -0.25) is 0 Å². The van der Waals surface area contributed by atoms with E-state index in [4.69, 9.17) is 34.4 Å². The Kier molecular flexibility index (Phi) is 8.78. The van der Waals surface area contributed by atoms with Crippen molar-refractivity contribution in [3.8, 4) is 0 Å². The predicted molar refractivity (Wildman–Crippen MR) is 150 cm³/mol. The van der Waals surface area contributed by atoms with Gasteiger partial charge in [-0.05, 0) is 19.3 Å². The third-order valence-corrected chi connectivity index (χ3v) is 5.88. The van der Waals surface area contributed by atoms with Crippen molar-refractivity contribution in [1.82, 2.24) is 58.6 Å². The van der Waals surface area contributed by atoms with Crippen LogP contribution in [-0.4, -0.2) is 58.6 Å².